The third kappa shape index (κ3) is 9.41. The number of hydrazine groups is 1. The number of nitrogens with one attached hydrogen (secondary N) is 2. The van der Waals surface area contributed by atoms with Crippen LogP contribution in [0.25, 0.3) is 21.9 Å². The van der Waals surface area contributed by atoms with E-state index in [2.05, 4.69) is 15.6 Å². The fraction of sp³-hybridized carbons (Fsp3) is 0.409. The van der Waals surface area contributed by atoms with Gasteiger partial charge in [0.2, 0.25) is 17.7 Å². The van der Waals surface area contributed by atoms with Crippen molar-refractivity contribution in [3.63, 3.8) is 0 Å². The highest BCUT2D eigenvalue weighted by molar-refractivity contribution is 6.24. The smallest absolute Gasteiger partial charge is 0.266 e. The molecule has 2 N–H and O–H groups in total. The molecule has 6 rings (SSSR count). The van der Waals surface area contributed by atoms with Crippen LogP contribution in [0.2, 0.25) is 0 Å². The van der Waals surface area contributed by atoms with Crippen LogP contribution < -0.4 is 30.4 Å². The molecule has 0 radical (unpaired) electrons. The van der Waals surface area contributed by atoms with Crippen molar-refractivity contribution in [2.24, 2.45) is 7.05 Å². The van der Waals surface area contributed by atoms with Gasteiger partial charge in [0.05, 0.1) is 42.8 Å². The number of aromatic nitrogens is 2. The summed E-state index contributed by atoms with van der Waals surface area (Å²) >= 11 is 0. The third-order valence-corrected chi connectivity index (χ3v) is 11.1. The van der Waals surface area contributed by atoms with Crippen molar-refractivity contribution < 1.29 is 43.0 Å². The lowest BCUT2D eigenvalue weighted by atomic mass is 9.99. The first kappa shape index (κ1) is 43.9. The van der Waals surface area contributed by atoms with E-state index in [-0.39, 0.29) is 53.8 Å². The lowest BCUT2D eigenvalue weighted by molar-refractivity contribution is -0.151. The van der Waals surface area contributed by atoms with Crippen LogP contribution in [0.4, 0.5) is 0 Å². The molecule has 2 atom stereocenters. The average Bonchev–Trinajstić information content (AvgIpc) is 3.49. The maximum atomic E-state index is 13.3. The number of nitrogens with zero attached hydrogens (tertiary/aromatic N) is 5. The van der Waals surface area contributed by atoms with Gasteiger partial charge in [0.25, 0.3) is 23.3 Å². The normalized spacial score (nSPS) is 15.5. The van der Waals surface area contributed by atoms with Crippen molar-refractivity contribution in [1.29, 1.82) is 0 Å². The number of carbonyl (C=O) groups excluding carboxylic acids is 6. The van der Waals surface area contributed by atoms with E-state index in [0.717, 1.165) is 52.7 Å². The fourth-order valence-corrected chi connectivity index (χ4v) is 8.10. The second-order valence-electron chi connectivity index (χ2n) is 15.2. The van der Waals surface area contributed by atoms with Crippen LogP contribution in [0.5, 0.6) is 17.2 Å². The zero-order valence-electron chi connectivity index (χ0n) is 35.2. The highest BCUT2D eigenvalue weighted by atomic mass is 16.5. The molecule has 6 amide bonds. The quantitative estimate of drug-likeness (QED) is 0.0838. The van der Waals surface area contributed by atoms with Gasteiger partial charge in [-0.2, -0.15) is 0 Å². The molecule has 2 aromatic carbocycles. The van der Waals surface area contributed by atoms with Gasteiger partial charge in [0.15, 0.2) is 6.61 Å². The van der Waals surface area contributed by atoms with Crippen LogP contribution in [0.3, 0.4) is 0 Å². The summed E-state index contributed by atoms with van der Waals surface area (Å²) < 4.78 is 18.9. The molecule has 2 aliphatic heterocycles. The molecule has 2 aromatic heterocycles. The number of imide groups is 2. The molecule has 322 valence electrons. The van der Waals surface area contributed by atoms with Gasteiger partial charge in [-0.25, -0.2) is 5.01 Å². The molecule has 2 unspecified atom stereocenters. The molecule has 0 aliphatic carbocycles. The third-order valence-electron chi connectivity index (χ3n) is 11.1. The van der Waals surface area contributed by atoms with Crippen LogP contribution in [-0.4, -0.2) is 106 Å². The van der Waals surface area contributed by atoms with Crippen molar-refractivity contribution in [1.82, 2.24) is 35.1 Å². The number of piperidine rings is 1. The first-order chi connectivity index (χ1) is 29.2. The Hall–Kier alpha value is -6.62. The van der Waals surface area contributed by atoms with Gasteiger partial charge in [-0.05, 0) is 67.5 Å². The molecule has 2 aliphatic rings. The highest BCUT2D eigenvalue weighted by Crippen LogP contribution is 2.38. The summed E-state index contributed by atoms with van der Waals surface area (Å²) in [4.78, 5) is 93.8. The number of benzene rings is 2. The average molecular weight is 838 g/mol. The van der Waals surface area contributed by atoms with Gasteiger partial charge in [0, 0.05) is 64.2 Å². The number of hydrogen-bond donors (Lipinski definition) is 2. The topological polar surface area (TPSA) is 199 Å². The van der Waals surface area contributed by atoms with Gasteiger partial charge in [-0.1, -0.05) is 25.3 Å². The Morgan fingerprint density at radius 1 is 0.951 bits per heavy atom. The second kappa shape index (κ2) is 19.2. The second-order valence-corrected chi connectivity index (χ2v) is 15.2. The predicted molar refractivity (Wildman–Crippen MR) is 224 cm³/mol. The first-order valence-corrected chi connectivity index (χ1v) is 20.2. The summed E-state index contributed by atoms with van der Waals surface area (Å²) in [6.45, 7) is 3.89. The molecule has 0 spiro atoms. The lowest BCUT2D eigenvalue weighted by Gasteiger charge is -2.36. The minimum absolute atomic E-state index is 0.00636. The van der Waals surface area contributed by atoms with E-state index in [4.69, 9.17) is 14.2 Å². The standard InChI is InChI=1S/C44H51N7O10/c1-26(51(27(2)52)49(4)24-33-36(59-5)20-28(21-37(33)60-6)32-23-48(3)42(56)31-22-45-19-17-29(31)32)12-9-7-8-10-18-46-39(54)25-61-35-14-11-13-30-40(35)44(58)50(43(30)57)34-15-16-38(53)47-41(34)55/h11,13-14,17,19-23,26,34H,7-10,12,15-16,18,24-25H2,1-6H3,(H,46,54)(H,47,53,55). The molecule has 0 saturated carbocycles. The Bertz CT molecular complexity index is 2410. The van der Waals surface area contributed by atoms with E-state index in [0.29, 0.717) is 36.4 Å². The van der Waals surface area contributed by atoms with E-state index < -0.39 is 35.6 Å². The highest BCUT2D eigenvalue weighted by Gasteiger charge is 2.46. The van der Waals surface area contributed by atoms with E-state index in [1.807, 2.05) is 37.2 Å². The van der Waals surface area contributed by atoms with Crippen LogP contribution in [-0.2, 0) is 32.8 Å². The lowest BCUT2D eigenvalue weighted by Crippen LogP contribution is -2.54. The van der Waals surface area contributed by atoms with Gasteiger partial charge in [-0.3, -0.25) is 53.8 Å². The Balaban J connectivity index is 0.968. The number of unbranched alkanes of at least 4 members (excludes halogenated alkanes) is 3. The summed E-state index contributed by atoms with van der Waals surface area (Å²) in [5.41, 5.74) is 2.27. The number of hydrogen-bond acceptors (Lipinski definition) is 12. The summed E-state index contributed by atoms with van der Waals surface area (Å²) in [6, 6.07) is 8.88. The molecule has 4 heterocycles. The summed E-state index contributed by atoms with van der Waals surface area (Å²) in [5, 5.41) is 9.84. The Morgan fingerprint density at radius 2 is 1.67 bits per heavy atom. The molecule has 1 saturated heterocycles. The number of ether oxygens (including phenoxy) is 3. The number of methoxy groups -OCH3 is 2. The summed E-state index contributed by atoms with van der Waals surface area (Å²) in [7, 11) is 6.72. The molecule has 61 heavy (non-hydrogen) atoms. The number of fused-ring (bicyclic) bond motifs is 2. The zero-order valence-corrected chi connectivity index (χ0v) is 35.2. The monoisotopic (exact) mass is 837 g/mol. The van der Waals surface area contributed by atoms with Crippen LogP contribution in [0, 0.1) is 0 Å². The van der Waals surface area contributed by atoms with E-state index in [1.165, 1.54) is 29.7 Å². The Kier molecular flexibility index (Phi) is 13.8. The molecule has 4 aromatic rings. The summed E-state index contributed by atoms with van der Waals surface area (Å²) in [5.74, 6) is -1.85. The molecular weight excluding hydrogens is 787 g/mol. The van der Waals surface area contributed by atoms with Gasteiger partial charge in [-0.15, -0.1) is 0 Å². The van der Waals surface area contributed by atoms with Crippen molar-refractivity contribution in [2.45, 2.75) is 77.4 Å². The van der Waals surface area contributed by atoms with E-state index >= 15 is 0 Å². The van der Waals surface area contributed by atoms with Crippen molar-refractivity contribution in [3.8, 4) is 28.4 Å². The molecule has 0 bridgehead atoms. The van der Waals surface area contributed by atoms with Crippen molar-refractivity contribution in [3.05, 3.63) is 82.0 Å². The number of rotatable bonds is 18. The van der Waals surface area contributed by atoms with Crippen molar-refractivity contribution >= 4 is 46.2 Å². The first-order valence-electron chi connectivity index (χ1n) is 20.2. The van der Waals surface area contributed by atoms with Crippen LogP contribution in [0.15, 0.2) is 59.8 Å². The fourth-order valence-electron chi connectivity index (χ4n) is 8.10. The largest absolute Gasteiger partial charge is 0.496 e. The van der Waals surface area contributed by atoms with Crippen LogP contribution >= 0.6 is 0 Å². The predicted octanol–water partition coefficient (Wildman–Crippen LogP) is 3.75. The van der Waals surface area contributed by atoms with E-state index in [9.17, 15) is 33.6 Å². The number of carbonyl (C=O) groups is 6. The zero-order chi connectivity index (χ0) is 44.0. The Labute approximate surface area is 352 Å². The molecular formula is C44H51N7O10. The molecule has 1 fully saturated rings. The van der Waals surface area contributed by atoms with E-state index in [1.54, 1.807) is 44.9 Å². The maximum absolute atomic E-state index is 13.3. The van der Waals surface area contributed by atoms with Crippen molar-refractivity contribution in [2.75, 3.05) is 34.4 Å². The maximum Gasteiger partial charge on any atom is 0.266 e. The SMILES string of the molecule is COc1cc(-c2cn(C)c(=O)c3cnccc23)cc(OC)c1CN(C)N(C(C)=O)C(C)CCCCCCNC(=O)COc1cccc2c1C(=O)N(C1CCC(=O)NC1=O)C2=O. The van der Waals surface area contributed by atoms with Gasteiger partial charge < -0.3 is 24.1 Å². The minimum atomic E-state index is -1.11. The van der Waals surface area contributed by atoms with Gasteiger partial charge in [0.1, 0.15) is 23.3 Å². The number of aryl methyl sites for hydroxylation is 1. The minimum Gasteiger partial charge on any atom is -0.496 e. The van der Waals surface area contributed by atoms with Gasteiger partial charge >= 0.3 is 0 Å². The molecule has 17 heteroatoms. The number of pyridine rings is 2. The summed E-state index contributed by atoms with van der Waals surface area (Å²) in [6.07, 6.45) is 9.06. The molecule has 17 nitrogen and oxygen atoms in total. The Morgan fingerprint density at radius 3 is 2.36 bits per heavy atom. The van der Waals surface area contributed by atoms with Crippen LogP contribution in [0.1, 0.15) is 85.1 Å². The number of amides is 6.